The summed E-state index contributed by atoms with van der Waals surface area (Å²) in [4.78, 5) is 27.8. The number of halogens is 3. The van der Waals surface area contributed by atoms with Crippen molar-refractivity contribution in [3.05, 3.63) is 77.9 Å². The molecule has 4 heterocycles. The Morgan fingerprint density at radius 1 is 1.00 bits per heavy atom. The number of benzene rings is 1. The van der Waals surface area contributed by atoms with Gasteiger partial charge in [0.05, 0.1) is 5.56 Å². The maximum atomic E-state index is 13.4. The average Bonchev–Trinajstić information content (AvgIpc) is 3.25. The van der Waals surface area contributed by atoms with E-state index in [9.17, 15) is 18.0 Å². The molecule has 3 aromatic heterocycles. The Kier molecular flexibility index (Phi) is 6.33. The number of likely N-dealkylation sites (tertiary alicyclic amines) is 1. The number of pyridine rings is 1. The fraction of sp³-hybridized carbons (Fsp3) is 0.345. The van der Waals surface area contributed by atoms with Gasteiger partial charge in [-0.3, -0.25) is 9.48 Å². The van der Waals surface area contributed by atoms with Crippen LogP contribution in [0.3, 0.4) is 0 Å². The molecule has 2 aliphatic rings. The zero-order chi connectivity index (χ0) is 29.1. The Hall–Kier alpha value is -4.32. The van der Waals surface area contributed by atoms with E-state index in [1.807, 2.05) is 0 Å². The van der Waals surface area contributed by atoms with Gasteiger partial charge in [0.15, 0.2) is 5.82 Å². The van der Waals surface area contributed by atoms with E-state index in [-0.39, 0.29) is 23.8 Å². The van der Waals surface area contributed by atoms with E-state index < -0.39 is 17.3 Å². The number of hydrogen-bond donors (Lipinski definition) is 1. The van der Waals surface area contributed by atoms with Crippen LogP contribution in [0.5, 0.6) is 5.88 Å². The molecule has 0 radical (unpaired) electrons. The van der Waals surface area contributed by atoms with E-state index in [1.165, 1.54) is 6.07 Å². The third-order valence-corrected chi connectivity index (χ3v) is 7.64. The van der Waals surface area contributed by atoms with Gasteiger partial charge in [-0.15, -0.1) is 0 Å². The van der Waals surface area contributed by atoms with Gasteiger partial charge in [-0.25, -0.2) is 15.0 Å². The minimum atomic E-state index is -4.47. The molecule has 1 aliphatic carbocycles. The summed E-state index contributed by atoms with van der Waals surface area (Å²) in [6.45, 7) is 4.43. The van der Waals surface area contributed by atoms with Gasteiger partial charge in [0, 0.05) is 68.2 Å². The van der Waals surface area contributed by atoms with Crippen molar-refractivity contribution >= 4 is 5.91 Å². The number of rotatable bonds is 6. The van der Waals surface area contributed by atoms with E-state index in [4.69, 9.17) is 10.5 Å². The van der Waals surface area contributed by atoms with Crippen LogP contribution in [-0.2, 0) is 18.8 Å². The highest BCUT2D eigenvalue weighted by Crippen LogP contribution is 2.48. The summed E-state index contributed by atoms with van der Waals surface area (Å²) in [6.07, 6.45) is 0.246. The first kappa shape index (κ1) is 26.9. The number of amides is 1. The monoisotopic (exact) mass is 563 g/mol. The van der Waals surface area contributed by atoms with Crippen LogP contribution in [-0.4, -0.2) is 54.7 Å². The minimum Gasteiger partial charge on any atom is -0.474 e. The van der Waals surface area contributed by atoms with Crippen LogP contribution in [0.15, 0.2) is 61.1 Å². The van der Waals surface area contributed by atoms with Crippen molar-refractivity contribution in [3.8, 4) is 28.5 Å². The fourth-order valence-corrected chi connectivity index (χ4v) is 5.47. The molecule has 1 saturated carbocycles. The molecule has 2 unspecified atom stereocenters. The van der Waals surface area contributed by atoms with Crippen LogP contribution < -0.4 is 10.5 Å². The highest BCUT2D eigenvalue weighted by Gasteiger charge is 2.59. The first-order valence-corrected chi connectivity index (χ1v) is 13.1. The Labute approximate surface area is 234 Å². The number of nitrogens with two attached hydrogens (primary N) is 1. The van der Waals surface area contributed by atoms with E-state index in [2.05, 4.69) is 20.1 Å². The Morgan fingerprint density at radius 3 is 2.37 bits per heavy atom. The normalized spacial score (nSPS) is 20.2. The number of piperidine rings is 1. The average molecular weight is 564 g/mol. The van der Waals surface area contributed by atoms with Crippen molar-refractivity contribution in [2.45, 2.75) is 31.7 Å². The summed E-state index contributed by atoms with van der Waals surface area (Å²) in [6, 6.07) is 10.5. The molecule has 212 valence electrons. The molecule has 2 atom stereocenters. The van der Waals surface area contributed by atoms with Crippen LogP contribution in [0.25, 0.3) is 22.6 Å². The molecule has 6 rings (SSSR count). The molecule has 1 amide bonds. The van der Waals surface area contributed by atoms with Gasteiger partial charge in [0.1, 0.15) is 17.5 Å². The topological polar surface area (TPSA) is 112 Å². The summed E-state index contributed by atoms with van der Waals surface area (Å²) in [5, 5.41) is 4.39. The summed E-state index contributed by atoms with van der Waals surface area (Å²) >= 11 is 0. The number of hydrogen-bond acceptors (Lipinski definition) is 7. The third kappa shape index (κ3) is 5.15. The predicted octanol–water partition coefficient (Wildman–Crippen LogP) is 4.30. The van der Waals surface area contributed by atoms with Gasteiger partial charge < -0.3 is 15.4 Å². The molecule has 2 N–H and O–H groups in total. The minimum absolute atomic E-state index is 0.0976. The number of alkyl halides is 3. The zero-order valence-corrected chi connectivity index (χ0v) is 22.6. The van der Waals surface area contributed by atoms with Crippen LogP contribution in [0.4, 0.5) is 13.2 Å². The van der Waals surface area contributed by atoms with Gasteiger partial charge in [0.2, 0.25) is 5.88 Å². The predicted molar refractivity (Wildman–Crippen MR) is 143 cm³/mol. The van der Waals surface area contributed by atoms with Crippen molar-refractivity contribution < 1.29 is 22.7 Å². The number of carbonyl (C=O) groups excluding carboxylic acids is 1. The van der Waals surface area contributed by atoms with Crippen molar-refractivity contribution in [2.75, 3.05) is 13.1 Å². The Morgan fingerprint density at radius 2 is 1.71 bits per heavy atom. The highest BCUT2D eigenvalue weighted by molar-refractivity contribution is 5.94. The number of aromatic nitrogens is 5. The molecular formula is C29H28F3N7O2. The molecule has 2 fully saturated rings. The second-order valence-corrected chi connectivity index (χ2v) is 11.1. The summed E-state index contributed by atoms with van der Waals surface area (Å²) < 4.78 is 47.9. The van der Waals surface area contributed by atoms with E-state index in [0.29, 0.717) is 52.9 Å². The van der Waals surface area contributed by atoms with E-state index in [1.54, 1.807) is 73.3 Å². The maximum absolute atomic E-state index is 13.4. The molecule has 1 aliphatic heterocycles. The Balaban J connectivity index is 1.14. The number of ether oxygens (including phenoxy) is 1. The lowest BCUT2D eigenvalue weighted by Crippen LogP contribution is -2.34. The number of aryl methyl sites for hydroxylation is 1. The molecule has 1 saturated heterocycles. The first-order chi connectivity index (χ1) is 19.4. The first-order valence-electron chi connectivity index (χ1n) is 13.1. The molecule has 12 heteroatoms. The second kappa shape index (κ2) is 9.65. The quantitative estimate of drug-likeness (QED) is 0.372. The highest BCUT2D eigenvalue weighted by atomic mass is 19.4. The third-order valence-electron chi connectivity index (χ3n) is 7.64. The fourth-order valence-electron chi connectivity index (χ4n) is 5.47. The standard InChI is InChI=1S/C29H28F3N7O2/c1-28(2,33)21-12-17(29(30,31)32)5-6-18(21)16-7-10-34-24(11-16)41-25-19-14-39(15-20(19)25)27(40)23-13-22(37-38(23)3)26-35-8-4-9-36-26/h4-13,19-20,25H,14-15,33H2,1-3H3. The number of carbonyl (C=O) groups is 1. The lowest BCUT2D eigenvalue weighted by molar-refractivity contribution is -0.137. The van der Waals surface area contributed by atoms with Gasteiger partial charge in [-0.2, -0.15) is 18.3 Å². The van der Waals surface area contributed by atoms with Crippen LogP contribution >= 0.6 is 0 Å². The molecule has 1 aromatic carbocycles. The van der Waals surface area contributed by atoms with E-state index in [0.717, 1.165) is 12.1 Å². The van der Waals surface area contributed by atoms with Crippen molar-refractivity contribution in [2.24, 2.45) is 24.6 Å². The number of fused-ring (bicyclic) bond motifs is 1. The summed E-state index contributed by atoms with van der Waals surface area (Å²) in [5.41, 5.74) is 7.11. The van der Waals surface area contributed by atoms with Crippen LogP contribution in [0, 0.1) is 11.8 Å². The van der Waals surface area contributed by atoms with Crippen LogP contribution in [0.2, 0.25) is 0 Å². The molecule has 41 heavy (non-hydrogen) atoms. The van der Waals surface area contributed by atoms with Crippen molar-refractivity contribution in [1.29, 1.82) is 0 Å². The summed E-state index contributed by atoms with van der Waals surface area (Å²) in [7, 11) is 1.72. The van der Waals surface area contributed by atoms with Crippen LogP contribution in [0.1, 0.15) is 35.5 Å². The number of nitrogens with zero attached hydrogens (tertiary/aromatic N) is 6. The SMILES string of the molecule is Cn1nc(-c2ncccn2)cc1C(=O)N1CC2C(C1)C2Oc1cc(-c2ccc(C(F)(F)F)cc2C(C)(C)N)ccn1. The van der Waals surface area contributed by atoms with Gasteiger partial charge >= 0.3 is 6.18 Å². The van der Waals surface area contributed by atoms with Gasteiger partial charge in [0.25, 0.3) is 5.91 Å². The zero-order valence-electron chi connectivity index (χ0n) is 22.6. The van der Waals surface area contributed by atoms with E-state index >= 15 is 0 Å². The largest absolute Gasteiger partial charge is 0.474 e. The second-order valence-electron chi connectivity index (χ2n) is 11.1. The lowest BCUT2D eigenvalue weighted by Gasteiger charge is -2.25. The Bertz CT molecular complexity index is 1600. The summed E-state index contributed by atoms with van der Waals surface area (Å²) in [5.74, 6) is 1.04. The lowest BCUT2D eigenvalue weighted by atomic mass is 9.86. The molecular weight excluding hydrogens is 535 g/mol. The van der Waals surface area contributed by atoms with Gasteiger partial charge in [-0.1, -0.05) is 6.07 Å². The maximum Gasteiger partial charge on any atom is 0.416 e. The molecule has 0 bridgehead atoms. The molecule has 9 nitrogen and oxygen atoms in total. The molecule has 0 spiro atoms. The molecule has 4 aromatic rings. The van der Waals surface area contributed by atoms with Crippen molar-refractivity contribution in [3.63, 3.8) is 0 Å². The smallest absolute Gasteiger partial charge is 0.416 e. The van der Waals surface area contributed by atoms with Gasteiger partial charge in [-0.05, 0) is 54.8 Å². The van der Waals surface area contributed by atoms with Crippen molar-refractivity contribution in [1.82, 2.24) is 29.6 Å².